The van der Waals surface area contributed by atoms with Gasteiger partial charge in [-0.05, 0) is 43.2 Å². The number of aryl methyl sites for hydroxylation is 2. The molecule has 7 heteroatoms. The fourth-order valence-electron chi connectivity index (χ4n) is 3.28. The zero-order valence-electron chi connectivity index (χ0n) is 16.9. The number of carbonyl (C=O) groups excluding carboxylic acids is 1. The van der Waals surface area contributed by atoms with Gasteiger partial charge in [-0.1, -0.05) is 29.8 Å². The van der Waals surface area contributed by atoms with E-state index in [9.17, 15) is 4.79 Å². The van der Waals surface area contributed by atoms with Gasteiger partial charge < -0.3 is 15.2 Å². The Labute approximate surface area is 175 Å². The number of pyridine rings is 2. The zero-order chi connectivity index (χ0) is 20.8. The maximum atomic E-state index is 12.1. The Morgan fingerprint density at radius 1 is 1.00 bits per heavy atom. The van der Waals surface area contributed by atoms with Crippen LogP contribution >= 0.6 is 0 Å². The summed E-state index contributed by atoms with van der Waals surface area (Å²) in [6.07, 6.45) is 6.05. The van der Waals surface area contributed by atoms with Gasteiger partial charge in [0.2, 0.25) is 0 Å². The van der Waals surface area contributed by atoms with Crippen LogP contribution < -0.4 is 10.6 Å². The molecule has 4 rings (SSSR count). The second-order valence-corrected chi connectivity index (χ2v) is 7.12. The molecule has 0 unspecified atom stereocenters. The van der Waals surface area contributed by atoms with Gasteiger partial charge >= 0.3 is 6.03 Å². The topological polar surface area (TPSA) is 84.7 Å². The Hall–Kier alpha value is -3.74. The number of carbonyl (C=O) groups is 1. The number of nitrogens with one attached hydrogen (secondary N) is 2. The van der Waals surface area contributed by atoms with Gasteiger partial charge in [0.15, 0.2) is 5.65 Å². The van der Waals surface area contributed by atoms with Gasteiger partial charge in [-0.15, -0.1) is 0 Å². The summed E-state index contributed by atoms with van der Waals surface area (Å²) in [5, 5.41) is 5.81. The molecule has 0 atom stereocenters. The quantitative estimate of drug-likeness (QED) is 0.463. The number of fused-ring (bicyclic) bond motifs is 1. The molecule has 4 aromatic rings. The van der Waals surface area contributed by atoms with Gasteiger partial charge in [0.05, 0.1) is 0 Å². The summed E-state index contributed by atoms with van der Waals surface area (Å²) in [5.74, 6) is 0.856. The molecular formula is C23H24N6O. The van der Waals surface area contributed by atoms with Crippen molar-refractivity contribution >= 4 is 17.2 Å². The molecule has 0 bridgehead atoms. The number of rotatable bonds is 7. The van der Waals surface area contributed by atoms with Crippen molar-refractivity contribution in [3.05, 3.63) is 78.2 Å². The van der Waals surface area contributed by atoms with E-state index in [1.165, 1.54) is 5.56 Å². The van der Waals surface area contributed by atoms with Crippen LogP contribution in [0.2, 0.25) is 0 Å². The number of amides is 2. The fraction of sp³-hybridized carbons (Fsp3) is 0.217. The van der Waals surface area contributed by atoms with Crippen molar-refractivity contribution in [3.63, 3.8) is 0 Å². The number of aromatic nitrogens is 4. The third-order valence-corrected chi connectivity index (χ3v) is 4.86. The minimum atomic E-state index is -0.168. The Kier molecular flexibility index (Phi) is 5.98. The highest BCUT2D eigenvalue weighted by Crippen LogP contribution is 2.23. The van der Waals surface area contributed by atoms with Crippen LogP contribution in [-0.2, 0) is 13.1 Å². The number of nitrogens with zero attached hydrogens (tertiary/aromatic N) is 4. The minimum absolute atomic E-state index is 0.168. The molecule has 0 aliphatic rings. The summed E-state index contributed by atoms with van der Waals surface area (Å²) >= 11 is 0. The van der Waals surface area contributed by atoms with Crippen LogP contribution in [0.1, 0.15) is 17.5 Å². The second kappa shape index (κ2) is 9.17. The molecule has 0 spiro atoms. The molecule has 3 aromatic heterocycles. The van der Waals surface area contributed by atoms with E-state index in [-0.39, 0.29) is 6.03 Å². The molecule has 0 aliphatic carbocycles. The molecule has 1 aromatic carbocycles. The first-order valence-electron chi connectivity index (χ1n) is 9.99. The summed E-state index contributed by atoms with van der Waals surface area (Å²) in [6, 6.07) is 15.7. The first-order chi connectivity index (χ1) is 14.7. The third kappa shape index (κ3) is 4.63. The number of benzene rings is 1. The van der Waals surface area contributed by atoms with E-state index >= 15 is 0 Å². The van der Waals surface area contributed by atoms with Gasteiger partial charge in [0, 0.05) is 43.8 Å². The lowest BCUT2D eigenvalue weighted by Gasteiger charge is -2.10. The lowest BCUT2D eigenvalue weighted by atomic mass is 10.1. The summed E-state index contributed by atoms with van der Waals surface area (Å²) in [5.41, 5.74) is 4.97. The summed E-state index contributed by atoms with van der Waals surface area (Å²) in [4.78, 5) is 25.4. The molecule has 3 heterocycles. The van der Waals surface area contributed by atoms with Crippen molar-refractivity contribution in [2.24, 2.45) is 0 Å². The Morgan fingerprint density at radius 2 is 1.80 bits per heavy atom. The van der Waals surface area contributed by atoms with Gasteiger partial charge in [-0.2, -0.15) is 0 Å². The lowest BCUT2D eigenvalue weighted by molar-refractivity contribution is 0.240. The Morgan fingerprint density at radius 3 is 2.60 bits per heavy atom. The van der Waals surface area contributed by atoms with E-state index in [0.717, 1.165) is 34.5 Å². The largest absolute Gasteiger partial charge is 0.338 e. The van der Waals surface area contributed by atoms with Crippen molar-refractivity contribution in [1.82, 2.24) is 30.2 Å². The zero-order valence-corrected chi connectivity index (χ0v) is 16.9. The van der Waals surface area contributed by atoms with Crippen molar-refractivity contribution in [2.45, 2.75) is 26.4 Å². The van der Waals surface area contributed by atoms with E-state index < -0.39 is 0 Å². The molecule has 0 fully saturated rings. The van der Waals surface area contributed by atoms with Gasteiger partial charge in [0.1, 0.15) is 11.3 Å². The average Bonchev–Trinajstić information content (AvgIpc) is 3.15. The molecule has 2 N–H and O–H groups in total. The third-order valence-electron chi connectivity index (χ3n) is 4.86. The molecular weight excluding hydrogens is 376 g/mol. The maximum absolute atomic E-state index is 12.1. The molecule has 0 aliphatic heterocycles. The number of hydrogen-bond acceptors (Lipinski definition) is 4. The van der Waals surface area contributed by atoms with Crippen LogP contribution in [0.3, 0.4) is 0 Å². The highest BCUT2D eigenvalue weighted by Gasteiger charge is 2.13. The fourth-order valence-corrected chi connectivity index (χ4v) is 3.28. The molecule has 0 radical (unpaired) electrons. The molecule has 30 heavy (non-hydrogen) atoms. The predicted octanol–water partition coefficient (Wildman–Crippen LogP) is 3.69. The predicted molar refractivity (Wildman–Crippen MR) is 117 cm³/mol. The summed E-state index contributed by atoms with van der Waals surface area (Å²) in [7, 11) is 0. The van der Waals surface area contributed by atoms with Crippen molar-refractivity contribution in [2.75, 3.05) is 6.54 Å². The van der Waals surface area contributed by atoms with Crippen LogP contribution in [0.15, 0.2) is 67.1 Å². The van der Waals surface area contributed by atoms with E-state index in [4.69, 9.17) is 4.98 Å². The maximum Gasteiger partial charge on any atom is 0.315 e. The van der Waals surface area contributed by atoms with Crippen molar-refractivity contribution in [1.29, 1.82) is 0 Å². The van der Waals surface area contributed by atoms with Gasteiger partial charge in [0.25, 0.3) is 0 Å². The normalized spacial score (nSPS) is 10.8. The molecule has 7 nitrogen and oxygen atoms in total. The molecule has 0 saturated carbocycles. The monoisotopic (exact) mass is 400 g/mol. The average molecular weight is 400 g/mol. The van der Waals surface area contributed by atoms with Crippen LogP contribution in [-0.4, -0.2) is 32.1 Å². The number of imidazole rings is 1. The van der Waals surface area contributed by atoms with Gasteiger partial charge in [-0.3, -0.25) is 4.98 Å². The van der Waals surface area contributed by atoms with E-state index in [2.05, 4.69) is 25.2 Å². The molecule has 152 valence electrons. The number of urea groups is 1. The molecule has 2 amide bonds. The summed E-state index contributed by atoms with van der Waals surface area (Å²) < 4.78 is 2.09. The molecule has 0 saturated heterocycles. The second-order valence-electron chi connectivity index (χ2n) is 7.12. The minimum Gasteiger partial charge on any atom is -0.338 e. The lowest BCUT2D eigenvalue weighted by Crippen LogP contribution is -2.35. The van der Waals surface area contributed by atoms with Crippen LogP contribution in [0, 0.1) is 6.92 Å². The van der Waals surface area contributed by atoms with Crippen LogP contribution in [0.5, 0.6) is 0 Å². The number of hydrogen-bond donors (Lipinski definition) is 2. The Bertz CT molecular complexity index is 1120. The SMILES string of the molecule is Cc1ccc(CNC(=O)NCCCn2c(-c3ccncc3)nc3cccnc32)cc1. The standard InChI is InChI=1S/C23H24N6O/c1-17-5-7-18(8-6-17)16-27-23(30)26-12-3-15-29-21(19-9-13-24-14-10-19)28-20-4-2-11-25-22(20)29/h2,4-11,13-14H,3,12,15-16H2,1H3,(H2,26,27,30). The van der Waals surface area contributed by atoms with E-state index in [0.29, 0.717) is 19.6 Å². The first kappa shape index (κ1) is 19.6. The van der Waals surface area contributed by atoms with Crippen LogP contribution in [0.4, 0.5) is 4.79 Å². The van der Waals surface area contributed by atoms with E-state index in [1.807, 2.05) is 55.5 Å². The Balaban J connectivity index is 1.34. The van der Waals surface area contributed by atoms with Crippen LogP contribution in [0.25, 0.3) is 22.6 Å². The first-order valence-corrected chi connectivity index (χ1v) is 9.99. The van der Waals surface area contributed by atoms with Crippen molar-refractivity contribution in [3.8, 4) is 11.4 Å². The van der Waals surface area contributed by atoms with Crippen molar-refractivity contribution < 1.29 is 4.79 Å². The van der Waals surface area contributed by atoms with Gasteiger partial charge in [-0.25, -0.2) is 14.8 Å². The smallest absolute Gasteiger partial charge is 0.315 e. The highest BCUT2D eigenvalue weighted by atomic mass is 16.2. The van der Waals surface area contributed by atoms with E-state index in [1.54, 1.807) is 18.6 Å². The summed E-state index contributed by atoms with van der Waals surface area (Å²) in [6.45, 7) is 3.81. The highest BCUT2D eigenvalue weighted by molar-refractivity contribution is 5.77.